The Kier molecular flexibility index (Phi) is 4.95. The van der Waals surface area contributed by atoms with E-state index in [-0.39, 0.29) is 31.5 Å². The zero-order valence-corrected chi connectivity index (χ0v) is 8.41. The molecular weight excluding hydrogens is 172 g/mol. The molecule has 0 radical (unpaired) electrons. The molecule has 0 rings (SSSR count). The molecule has 0 saturated carbocycles. The van der Waals surface area contributed by atoms with Crippen LogP contribution in [0.5, 0.6) is 0 Å². The average molecular weight is 190 g/mol. The van der Waals surface area contributed by atoms with Gasteiger partial charge in [0.25, 0.3) is 0 Å². The number of hydrogen-bond acceptors (Lipinski definition) is 4. The molecule has 0 bridgehead atoms. The van der Waals surface area contributed by atoms with E-state index in [1.165, 1.54) is 6.92 Å². The minimum Gasteiger partial charge on any atom is -0.465 e. The molecule has 0 aromatic carbocycles. The second-order valence-corrected chi connectivity index (χ2v) is 3.73. The van der Waals surface area contributed by atoms with Gasteiger partial charge in [-0.05, 0) is 6.92 Å². The van der Waals surface area contributed by atoms with Crippen molar-refractivity contribution < 1.29 is 19.7 Å². The van der Waals surface area contributed by atoms with E-state index in [9.17, 15) is 9.90 Å². The molecule has 0 aromatic heterocycles. The molecule has 78 valence electrons. The quantitative estimate of drug-likeness (QED) is 0.613. The Morgan fingerprint density at radius 2 is 2.08 bits per heavy atom. The van der Waals surface area contributed by atoms with Crippen LogP contribution in [0.15, 0.2) is 0 Å². The van der Waals surface area contributed by atoms with Crippen LogP contribution in [-0.2, 0) is 9.53 Å². The summed E-state index contributed by atoms with van der Waals surface area (Å²) >= 11 is 0. The molecule has 0 spiro atoms. The van der Waals surface area contributed by atoms with Crippen LogP contribution < -0.4 is 0 Å². The Morgan fingerprint density at radius 1 is 1.54 bits per heavy atom. The van der Waals surface area contributed by atoms with Gasteiger partial charge < -0.3 is 14.9 Å². The summed E-state index contributed by atoms with van der Waals surface area (Å²) in [5, 5.41) is 18.0. The number of carbonyl (C=O) groups excluding carboxylic acids is 1. The highest BCUT2D eigenvalue weighted by atomic mass is 16.5. The van der Waals surface area contributed by atoms with E-state index in [0.717, 1.165) is 0 Å². The van der Waals surface area contributed by atoms with Crippen molar-refractivity contribution in [3.8, 4) is 0 Å². The summed E-state index contributed by atoms with van der Waals surface area (Å²) in [5.41, 5.74) is -1.16. The van der Waals surface area contributed by atoms with Crippen molar-refractivity contribution in [3.63, 3.8) is 0 Å². The van der Waals surface area contributed by atoms with Crippen LogP contribution in [0, 0.1) is 5.92 Å². The Morgan fingerprint density at radius 3 is 2.46 bits per heavy atom. The largest absolute Gasteiger partial charge is 0.465 e. The first kappa shape index (κ1) is 12.4. The van der Waals surface area contributed by atoms with Gasteiger partial charge >= 0.3 is 5.97 Å². The van der Waals surface area contributed by atoms with Crippen LogP contribution in [0.1, 0.15) is 27.2 Å². The predicted octanol–water partition coefficient (Wildman–Crippen LogP) is 0.319. The van der Waals surface area contributed by atoms with Crippen molar-refractivity contribution in [3.05, 3.63) is 0 Å². The Bertz CT molecular complexity index is 163. The summed E-state index contributed by atoms with van der Waals surface area (Å²) in [4.78, 5) is 11.0. The smallest absolute Gasteiger partial charge is 0.308 e. The molecule has 0 aromatic rings. The summed E-state index contributed by atoms with van der Waals surface area (Å²) in [5.74, 6) is -0.437. The fourth-order valence-corrected chi connectivity index (χ4v) is 0.617. The second kappa shape index (κ2) is 5.19. The molecule has 0 aliphatic carbocycles. The number of hydrogen-bond donors (Lipinski definition) is 2. The van der Waals surface area contributed by atoms with Gasteiger partial charge in [-0.15, -0.1) is 0 Å². The number of rotatable bonds is 5. The standard InChI is InChI=1S/C9H18O4/c1-7(2)8(11)13-5-4-9(3,12)6-10/h7,10,12H,4-6H2,1-3H3. The highest BCUT2D eigenvalue weighted by Gasteiger charge is 2.19. The minimum atomic E-state index is -1.16. The predicted molar refractivity (Wildman–Crippen MR) is 48.1 cm³/mol. The van der Waals surface area contributed by atoms with E-state index in [4.69, 9.17) is 9.84 Å². The lowest BCUT2D eigenvalue weighted by Gasteiger charge is -2.19. The van der Waals surface area contributed by atoms with Crippen LogP contribution in [-0.4, -0.2) is 35.0 Å². The SMILES string of the molecule is CC(C)C(=O)OCCC(C)(O)CO. The summed E-state index contributed by atoms with van der Waals surface area (Å²) in [6.07, 6.45) is 0.252. The molecule has 2 N–H and O–H groups in total. The van der Waals surface area contributed by atoms with Gasteiger partial charge in [0, 0.05) is 6.42 Å². The summed E-state index contributed by atoms with van der Waals surface area (Å²) in [6.45, 7) is 4.80. The van der Waals surface area contributed by atoms with E-state index in [1.54, 1.807) is 13.8 Å². The normalized spacial score (nSPS) is 15.5. The molecule has 1 unspecified atom stereocenters. The van der Waals surface area contributed by atoms with Crippen molar-refractivity contribution in [2.24, 2.45) is 5.92 Å². The third-order valence-electron chi connectivity index (χ3n) is 1.70. The van der Waals surface area contributed by atoms with Gasteiger partial charge in [-0.2, -0.15) is 0 Å². The molecule has 0 heterocycles. The first-order valence-electron chi connectivity index (χ1n) is 4.39. The van der Waals surface area contributed by atoms with E-state index in [2.05, 4.69) is 0 Å². The highest BCUT2D eigenvalue weighted by Crippen LogP contribution is 2.08. The van der Waals surface area contributed by atoms with Gasteiger partial charge in [0.2, 0.25) is 0 Å². The Hall–Kier alpha value is -0.610. The van der Waals surface area contributed by atoms with Crippen LogP contribution in [0.25, 0.3) is 0 Å². The molecule has 0 saturated heterocycles. The van der Waals surface area contributed by atoms with E-state index in [0.29, 0.717) is 0 Å². The maximum atomic E-state index is 11.0. The van der Waals surface area contributed by atoms with Gasteiger partial charge in [-0.3, -0.25) is 4.79 Å². The lowest BCUT2D eigenvalue weighted by Crippen LogP contribution is -2.31. The fourth-order valence-electron chi connectivity index (χ4n) is 0.617. The van der Waals surface area contributed by atoms with Crippen molar-refractivity contribution >= 4 is 5.97 Å². The summed E-state index contributed by atoms with van der Waals surface area (Å²) < 4.78 is 4.83. The fraction of sp³-hybridized carbons (Fsp3) is 0.889. The van der Waals surface area contributed by atoms with Gasteiger partial charge in [0.05, 0.1) is 24.7 Å². The van der Waals surface area contributed by atoms with E-state index in [1.807, 2.05) is 0 Å². The van der Waals surface area contributed by atoms with Gasteiger partial charge in [-0.1, -0.05) is 13.8 Å². The summed E-state index contributed by atoms with van der Waals surface area (Å²) in [6, 6.07) is 0. The number of esters is 1. The average Bonchev–Trinajstić information content (AvgIpc) is 2.04. The van der Waals surface area contributed by atoms with Crippen molar-refractivity contribution in [1.82, 2.24) is 0 Å². The molecular formula is C9H18O4. The third kappa shape index (κ3) is 5.60. The maximum Gasteiger partial charge on any atom is 0.308 e. The van der Waals surface area contributed by atoms with E-state index < -0.39 is 5.60 Å². The van der Waals surface area contributed by atoms with Crippen molar-refractivity contribution in [2.75, 3.05) is 13.2 Å². The zero-order valence-electron chi connectivity index (χ0n) is 8.41. The molecule has 1 atom stereocenters. The van der Waals surface area contributed by atoms with Crippen LogP contribution in [0.3, 0.4) is 0 Å². The zero-order chi connectivity index (χ0) is 10.5. The van der Waals surface area contributed by atoms with Gasteiger partial charge in [-0.25, -0.2) is 0 Å². The maximum absolute atomic E-state index is 11.0. The molecule has 4 heteroatoms. The molecule has 0 aliphatic heterocycles. The highest BCUT2D eigenvalue weighted by molar-refractivity contribution is 5.71. The molecule has 0 fully saturated rings. The first-order valence-corrected chi connectivity index (χ1v) is 4.39. The van der Waals surface area contributed by atoms with Crippen molar-refractivity contribution in [2.45, 2.75) is 32.8 Å². The lowest BCUT2D eigenvalue weighted by atomic mass is 10.1. The molecule has 0 amide bonds. The second-order valence-electron chi connectivity index (χ2n) is 3.73. The van der Waals surface area contributed by atoms with Crippen molar-refractivity contribution in [1.29, 1.82) is 0 Å². The minimum absolute atomic E-state index is 0.143. The van der Waals surface area contributed by atoms with Crippen LogP contribution in [0.4, 0.5) is 0 Å². The van der Waals surface area contributed by atoms with Crippen LogP contribution in [0.2, 0.25) is 0 Å². The third-order valence-corrected chi connectivity index (χ3v) is 1.70. The molecule has 0 aliphatic rings. The van der Waals surface area contributed by atoms with Gasteiger partial charge in [0.1, 0.15) is 0 Å². The number of carbonyl (C=O) groups is 1. The Labute approximate surface area is 78.5 Å². The summed E-state index contributed by atoms with van der Waals surface area (Å²) in [7, 11) is 0. The first-order chi connectivity index (χ1) is 5.89. The molecule has 4 nitrogen and oxygen atoms in total. The number of aliphatic hydroxyl groups is 2. The number of ether oxygens (including phenoxy) is 1. The Balaban J connectivity index is 3.62. The monoisotopic (exact) mass is 190 g/mol. The lowest BCUT2D eigenvalue weighted by molar-refractivity contribution is -0.149. The topological polar surface area (TPSA) is 66.8 Å². The number of aliphatic hydroxyl groups excluding tert-OH is 1. The molecule has 13 heavy (non-hydrogen) atoms. The van der Waals surface area contributed by atoms with Crippen LogP contribution >= 0.6 is 0 Å². The van der Waals surface area contributed by atoms with Gasteiger partial charge in [0.15, 0.2) is 0 Å². The van der Waals surface area contributed by atoms with E-state index >= 15 is 0 Å².